The molecule has 1 unspecified atom stereocenters. The maximum atomic E-state index is 12.8. The molecule has 0 aliphatic heterocycles. The maximum Gasteiger partial charge on any atom is 0.421 e. The smallest absolute Gasteiger partial charge is 0.376 e. The lowest BCUT2D eigenvalue weighted by molar-refractivity contribution is -0.268. The van der Waals surface area contributed by atoms with Crippen LogP contribution >= 0.6 is 0 Å². The summed E-state index contributed by atoms with van der Waals surface area (Å²) >= 11 is 0. The molecule has 0 aromatic heterocycles. The molecule has 16 heavy (non-hydrogen) atoms. The van der Waals surface area contributed by atoms with Gasteiger partial charge in [0, 0.05) is 0 Å². The Morgan fingerprint density at radius 3 is 2.12 bits per heavy atom. The minimum Gasteiger partial charge on any atom is -0.376 e. The van der Waals surface area contributed by atoms with Crippen molar-refractivity contribution < 1.29 is 18.3 Å². The van der Waals surface area contributed by atoms with Gasteiger partial charge in [-0.2, -0.15) is 13.2 Å². The van der Waals surface area contributed by atoms with Gasteiger partial charge in [0.1, 0.15) is 0 Å². The zero-order valence-electron chi connectivity index (χ0n) is 9.52. The molecule has 0 aliphatic carbocycles. The van der Waals surface area contributed by atoms with Gasteiger partial charge in [-0.3, -0.25) is 0 Å². The second-order valence-corrected chi connectivity index (χ2v) is 4.03. The van der Waals surface area contributed by atoms with E-state index in [9.17, 15) is 18.3 Å². The first kappa shape index (κ1) is 13.0. The van der Waals surface area contributed by atoms with Crippen molar-refractivity contribution in [3.05, 3.63) is 34.9 Å². The number of aryl methyl sites for hydroxylation is 2. The summed E-state index contributed by atoms with van der Waals surface area (Å²) < 4.78 is 38.5. The monoisotopic (exact) mass is 232 g/mol. The fourth-order valence-corrected chi connectivity index (χ4v) is 1.82. The van der Waals surface area contributed by atoms with Crippen LogP contribution in [0.5, 0.6) is 0 Å². The molecule has 0 amide bonds. The van der Waals surface area contributed by atoms with E-state index in [0.717, 1.165) is 5.56 Å². The molecule has 1 aromatic rings. The fraction of sp³-hybridized carbons (Fsp3) is 0.500. The summed E-state index contributed by atoms with van der Waals surface area (Å²) in [5.74, 6) is 0. The van der Waals surface area contributed by atoms with E-state index in [1.807, 2.05) is 0 Å². The van der Waals surface area contributed by atoms with Crippen LogP contribution in [0.25, 0.3) is 0 Å². The van der Waals surface area contributed by atoms with Crippen LogP contribution in [0.3, 0.4) is 0 Å². The number of halogens is 3. The number of aliphatic hydroxyl groups is 1. The molecule has 0 bridgehead atoms. The van der Waals surface area contributed by atoms with Crippen molar-refractivity contribution in [2.75, 3.05) is 0 Å². The average molecular weight is 232 g/mol. The Hall–Kier alpha value is -1.03. The molecule has 4 heteroatoms. The van der Waals surface area contributed by atoms with Crippen LogP contribution in [-0.4, -0.2) is 11.3 Å². The van der Waals surface area contributed by atoms with Crippen LogP contribution in [-0.2, 0) is 5.60 Å². The normalized spacial score (nSPS) is 15.9. The highest BCUT2D eigenvalue weighted by Crippen LogP contribution is 2.42. The van der Waals surface area contributed by atoms with E-state index in [4.69, 9.17) is 0 Å². The second-order valence-electron chi connectivity index (χ2n) is 4.03. The van der Waals surface area contributed by atoms with Crippen LogP contribution in [0.15, 0.2) is 18.2 Å². The summed E-state index contributed by atoms with van der Waals surface area (Å²) in [6.07, 6.45) is -5.04. The highest BCUT2D eigenvalue weighted by molar-refractivity contribution is 5.35. The fourth-order valence-electron chi connectivity index (χ4n) is 1.82. The summed E-state index contributed by atoms with van der Waals surface area (Å²) in [4.78, 5) is 0. The molecule has 1 nitrogen and oxygen atoms in total. The van der Waals surface area contributed by atoms with Gasteiger partial charge in [-0.15, -0.1) is 0 Å². The minimum atomic E-state index is -4.65. The standard InChI is InChI=1S/C12H15F3O/c1-4-11(16,12(13,14)15)10-6-5-8(2)7-9(10)3/h5-7,16H,4H2,1-3H3. The lowest BCUT2D eigenvalue weighted by Gasteiger charge is -2.31. The molecular formula is C12H15F3O. The number of hydrogen-bond acceptors (Lipinski definition) is 1. The molecule has 0 aliphatic rings. The number of alkyl halides is 3. The molecule has 1 atom stereocenters. The molecule has 0 fully saturated rings. The van der Waals surface area contributed by atoms with Crippen LogP contribution in [0, 0.1) is 13.8 Å². The minimum absolute atomic E-state index is 0.0619. The molecule has 0 heterocycles. The maximum absolute atomic E-state index is 12.8. The summed E-state index contributed by atoms with van der Waals surface area (Å²) in [5.41, 5.74) is -1.47. The van der Waals surface area contributed by atoms with E-state index >= 15 is 0 Å². The van der Waals surface area contributed by atoms with Gasteiger partial charge < -0.3 is 5.11 Å². The number of benzene rings is 1. The third-order valence-electron chi connectivity index (χ3n) is 2.81. The Morgan fingerprint density at radius 2 is 1.75 bits per heavy atom. The number of hydrogen-bond donors (Lipinski definition) is 1. The van der Waals surface area contributed by atoms with Gasteiger partial charge in [0.05, 0.1) is 0 Å². The lowest BCUT2D eigenvalue weighted by atomic mass is 9.86. The Morgan fingerprint density at radius 1 is 1.19 bits per heavy atom. The van der Waals surface area contributed by atoms with Gasteiger partial charge in [-0.25, -0.2) is 0 Å². The third kappa shape index (κ3) is 2.07. The second kappa shape index (κ2) is 4.09. The van der Waals surface area contributed by atoms with Gasteiger partial charge in [0.15, 0.2) is 5.60 Å². The molecule has 1 aromatic carbocycles. The van der Waals surface area contributed by atoms with Gasteiger partial charge in [-0.05, 0) is 31.4 Å². The quantitative estimate of drug-likeness (QED) is 0.827. The Balaban J connectivity index is 3.34. The summed E-state index contributed by atoms with van der Waals surface area (Å²) in [5, 5.41) is 9.77. The average Bonchev–Trinajstić information content (AvgIpc) is 2.15. The van der Waals surface area contributed by atoms with Crippen molar-refractivity contribution in [3.63, 3.8) is 0 Å². The first-order valence-electron chi connectivity index (χ1n) is 5.09. The Bertz CT molecular complexity index is 384. The van der Waals surface area contributed by atoms with E-state index in [2.05, 4.69) is 0 Å². The van der Waals surface area contributed by atoms with E-state index < -0.39 is 11.8 Å². The molecule has 0 spiro atoms. The molecule has 1 N–H and O–H groups in total. The highest BCUT2D eigenvalue weighted by atomic mass is 19.4. The van der Waals surface area contributed by atoms with E-state index in [1.165, 1.54) is 13.0 Å². The SMILES string of the molecule is CCC(O)(c1ccc(C)cc1C)C(F)(F)F. The first-order chi connectivity index (χ1) is 7.22. The Kier molecular flexibility index (Phi) is 3.33. The molecule has 0 saturated carbocycles. The topological polar surface area (TPSA) is 20.2 Å². The molecule has 0 saturated heterocycles. The van der Waals surface area contributed by atoms with Crippen molar-refractivity contribution >= 4 is 0 Å². The highest BCUT2D eigenvalue weighted by Gasteiger charge is 2.54. The molecule has 90 valence electrons. The van der Waals surface area contributed by atoms with Crippen LogP contribution in [0.2, 0.25) is 0 Å². The first-order valence-corrected chi connectivity index (χ1v) is 5.09. The third-order valence-corrected chi connectivity index (χ3v) is 2.81. The van der Waals surface area contributed by atoms with Crippen molar-refractivity contribution in [1.82, 2.24) is 0 Å². The van der Waals surface area contributed by atoms with E-state index in [0.29, 0.717) is 5.56 Å². The molecular weight excluding hydrogens is 217 g/mol. The molecule has 0 radical (unpaired) electrons. The summed E-state index contributed by atoms with van der Waals surface area (Å²) in [7, 11) is 0. The van der Waals surface area contributed by atoms with Gasteiger partial charge >= 0.3 is 6.18 Å². The van der Waals surface area contributed by atoms with Gasteiger partial charge in [0.2, 0.25) is 0 Å². The summed E-state index contributed by atoms with van der Waals surface area (Å²) in [6.45, 7) is 4.71. The predicted molar refractivity (Wildman–Crippen MR) is 56.2 cm³/mol. The van der Waals surface area contributed by atoms with E-state index in [-0.39, 0.29) is 12.0 Å². The van der Waals surface area contributed by atoms with Crippen LogP contribution < -0.4 is 0 Å². The van der Waals surface area contributed by atoms with Crippen molar-refractivity contribution in [2.45, 2.75) is 39.0 Å². The van der Waals surface area contributed by atoms with Gasteiger partial charge in [-0.1, -0.05) is 30.7 Å². The summed E-state index contributed by atoms with van der Waals surface area (Å²) in [6, 6.07) is 4.57. The Labute approximate surface area is 92.9 Å². The zero-order chi connectivity index (χ0) is 12.6. The lowest BCUT2D eigenvalue weighted by Crippen LogP contribution is -2.42. The number of rotatable bonds is 2. The van der Waals surface area contributed by atoms with Crippen LogP contribution in [0.1, 0.15) is 30.0 Å². The predicted octanol–water partition coefficient (Wildman–Crippen LogP) is 3.46. The van der Waals surface area contributed by atoms with Gasteiger partial charge in [0.25, 0.3) is 0 Å². The van der Waals surface area contributed by atoms with Crippen molar-refractivity contribution in [2.24, 2.45) is 0 Å². The van der Waals surface area contributed by atoms with E-state index in [1.54, 1.807) is 26.0 Å². The van der Waals surface area contributed by atoms with Crippen molar-refractivity contribution in [3.8, 4) is 0 Å². The molecule has 1 rings (SSSR count). The largest absolute Gasteiger partial charge is 0.421 e. The van der Waals surface area contributed by atoms with Crippen LogP contribution in [0.4, 0.5) is 13.2 Å². The zero-order valence-corrected chi connectivity index (χ0v) is 9.52. The van der Waals surface area contributed by atoms with Crippen molar-refractivity contribution in [1.29, 1.82) is 0 Å².